The van der Waals surface area contributed by atoms with Gasteiger partial charge in [0.2, 0.25) is 0 Å². The number of sulfonamides is 1. The Morgan fingerprint density at radius 1 is 1.29 bits per heavy atom. The van der Waals surface area contributed by atoms with Crippen LogP contribution in [0.15, 0.2) is 27.9 Å². The minimum absolute atomic E-state index is 0.0141. The summed E-state index contributed by atoms with van der Waals surface area (Å²) in [6, 6.07) is 2.96. The SMILES string of the molecule is CCN1CCCCc2cc(N=Nc3nncs3)c(NS(=O)(=O)C(F)(F)F)cc21. The summed E-state index contributed by atoms with van der Waals surface area (Å²) in [5.41, 5.74) is -2.75. The van der Waals surface area contributed by atoms with Gasteiger partial charge in [-0.05, 0) is 43.9 Å². The molecule has 0 amide bonds. The van der Waals surface area contributed by atoms with E-state index >= 15 is 0 Å². The van der Waals surface area contributed by atoms with Crippen molar-refractivity contribution in [2.45, 2.75) is 31.7 Å². The lowest BCUT2D eigenvalue weighted by atomic mass is 10.1. The van der Waals surface area contributed by atoms with Crippen molar-refractivity contribution >= 4 is 43.6 Å². The average Bonchev–Trinajstić information content (AvgIpc) is 3.06. The van der Waals surface area contributed by atoms with Crippen LogP contribution in [0.1, 0.15) is 25.3 Å². The summed E-state index contributed by atoms with van der Waals surface area (Å²) < 4.78 is 63.5. The quantitative estimate of drug-likeness (QED) is 0.704. The lowest BCUT2D eigenvalue weighted by molar-refractivity contribution is -0.0429. The minimum atomic E-state index is -5.60. The molecule has 28 heavy (non-hydrogen) atoms. The molecule has 0 aliphatic carbocycles. The highest BCUT2D eigenvalue weighted by Gasteiger charge is 2.46. The summed E-state index contributed by atoms with van der Waals surface area (Å²) in [6.07, 6.45) is 2.54. The van der Waals surface area contributed by atoms with Gasteiger partial charge in [-0.1, -0.05) is 11.3 Å². The van der Waals surface area contributed by atoms with Crippen LogP contribution in [-0.4, -0.2) is 37.2 Å². The monoisotopic (exact) mass is 434 g/mol. The molecule has 0 bridgehead atoms. The van der Waals surface area contributed by atoms with Crippen LogP contribution < -0.4 is 9.62 Å². The number of alkyl halides is 3. The Balaban J connectivity index is 2.09. The Bertz CT molecular complexity index is 961. The molecular weight excluding hydrogens is 417 g/mol. The van der Waals surface area contributed by atoms with Crippen molar-refractivity contribution in [3.63, 3.8) is 0 Å². The highest BCUT2D eigenvalue weighted by atomic mass is 32.2. The summed E-state index contributed by atoms with van der Waals surface area (Å²) >= 11 is 1.09. The lowest BCUT2D eigenvalue weighted by Gasteiger charge is -2.24. The maximum atomic E-state index is 12.9. The number of nitrogens with zero attached hydrogens (tertiary/aromatic N) is 5. The van der Waals surface area contributed by atoms with Gasteiger partial charge in [0, 0.05) is 18.8 Å². The molecule has 0 saturated heterocycles. The molecule has 0 fully saturated rings. The van der Waals surface area contributed by atoms with Crippen molar-refractivity contribution in [1.29, 1.82) is 0 Å². The van der Waals surface area contributed by atoms with Gasteiger partial charge in [-0.3, -0.25) is 4.72 Å². The van der Waals surface area contributed by atoms with E-state index in [4.69, 9.17) is 0 Å². The van der Waals surface area contributed by atoms with Crippen LogP contribution in [-0.2, 0) is 16.4 Å². The van der Waals surface area contributed by atoms with Crippen LogP contribution in [0.4, 0.5) is 35.4 Å². The first-order valence-corrected chi connectivity index (χ1v) is 10.8. The van der Waals surface area contributed by atoms with Crippen molar-refractivity contribution in [3.05, 3.63) is 23.2 Å². The van der Waals surface area contributed by atoms with Crippen LogP contribution in [0.3, 0.4) is 0 Å². The molecule has 0 radical (unpaired) electrons. The molecule has 0 spiro atoms. The molecule has 0 saturated carbocycles. The van der Waals surface area contributed by atoms with E-state index in [-0.39, 0.29) is 16.5 Å². The van der Waals surface area contributed by atoms with Crippen LogP contribution in [0, 0.1) is 0 Å². The molecule has 1 aromatic carbocycles. The van der Waals surface area contributed by atoms with Crippen molar-refractivity contribution in [3.8, 4) is 0 Å². The van der Waals surface area contributed by atoms with Gasteiger partial charge < -0.3 is 4.90 Å². The maximum absolute atomic E-state index is 12.9. The molecule has 1 aromatic heterocycles. The summed E-state index contributed by atoms with van der Waals surface area (Å²) in [5, 5.41) is 15.3. The molecule has 1 aliphatic heterocycles. The lowest BCUT2D eigenvalue weighted by Crippen LogP contribution is -2.30. The molecule has 2 heterocycles. The Morgan fingerprint density at radius 2 is 2.07 bits per heavy atom. The molecule has 8 nitrogen and oxygen atoms in total. The fourth-order valence-electron chi connectivity index (χ4n) is 2.86. The van der Waals surface area contributed by atoms with Crippen LogP contribution in [0.5, 0.6) is 0 Å². The third kappa shape index (κ3) is 4.41. The van der Waals surface area contributed by atoms with Gasteiger partial charge in [-0.25, -0.2) is 0 Å². The van der Waals surface area contributed by atoms with Crippen molar-refractivity contribution < 1.29 is 21.6 Å². The third-order valence-corrected chi connectivity index (χ3v) is 5.86. The first kappa shape index (κ1) is 20.5. The standard InChI is InChI=1S/C15H17F3N6O2S2/c1-2-24-6-4-3-5-10-7-11(20-22-14-21-19-9-27-14)12(8-13(10)24)23-28(25,26)15(16,17)18/h7-9,23H,2-6H2,1H3. The molecule has 0 unspecified atom stereocenters. The Kier molecular flexibility index (Phi) is 5.84. The van der Waals surface area contributed by atoms with E-state index in [1.54, 1.807) is 10.8 Å². The first-order chi connectivity index (χ1) is 13.2. The van der Waals surface area contributed by atoms with E-state index in [0.29, 0.717) is 18.7 Å². The number of hydrogen-bond donors (Lipinski definition) is 1. The Labute approximate surface area is 163 Å². The highest BCUT2D eigenvalue weighted by Crippen LogP contribution is 2.39. The summed E-state index contributed by atoms with van der Waals surface area (Å²) in [4.78, 5) is 2.00. The van der Waals surface area contributed by atoms with Gasteiger partial charge in [-0.2, -0.15) is 21.6 Å². The number of anilines is 2. The Hall–Kier alpha value is -2.28. The fraction of sp³-hybridized carbons (Fsp3) is 0.467. The zero-order valence-corrected chi connectivity index (χ0v) is 16.4. The molecule has 1 aliphatic rings. The van der Waals surface area contributed by atoms with Crippen LogP contribution >= 0.6 is 11.3 Å². The van der Waals surface area contributed by atoms with Crippen molar-refractivity contribution in [2.75, 3.05) is 22.7 Å². The van der Waals surface area contributed by atoms with Crippen LogP contribution in [0.25, 0.3) is 0 Å². The van der Waals surface area contributed by atoms with Gasteiger partial charge in [0.1, 0.15) is 11.2 Å². The van der Waals surface area contributed by atoms with Gasteiger partial charge in [-0.15, -0.1) is 20.4 Å². The Morgan fingerprint density at radius 3 is 2.71 bits per heavy atom. The summed E-state index contributed by atoms with van der Waals surface area (Å²) in [6.45, 7) is 3.31. The number of nitrogens with one attached hydrogen (secondary N) is 1. The smallest absolute Gasteiger partial charge is 0.372 e. The minimum Gasteiger partial charge on any atom is -0.372 e. The maximum Gasteiger partial charge on any atom is 0.516 e. The number of azo groups is 1. The topological polar surface area (TPSA) is 99.9 Å². The first-order valence-electron chi connectivity index (χ1n) is 8.40. The number of rotatable bonds is 5. The molecule has 0 atom stereocenters. The zero-order chi connectivity index (χ0) is 20.4. The number of fused-ring (bicyclic) bond motifs is 1. The molecule has 13 heteroatoms. The number of benzene rings is 1. The third-order valence-electron chi connectivity index (χ3n) is 4.18. The van der Waals surface area contributed by atoms with Crippen molar-refractivity contribution in [2.24, 2.45) is 10.2 Å². The second-order valence-electron chi connectivity index (χ2n) is 6.01. The van der Waals surface area contributed by atoms with Gasteiger partial charge >= 0.3 is 15.5 Å². The van der Waals surface area contributed by atoms with Gasteiger partial charge in [0.05, 0.1) is 5.69 Å². The summed E-state index contributed by atoms with van der Waals surface area (Å²) in [7, 11) is -5.60. The normalized spacial score (nSPS) is 15.5. The second kappa shape index (κ2) is 7.99. The average molecular weight is 434 g/mol. The van der Waals surface area contributed by atoms with Crippen LogP contribution in [0.2, 0.25) is 0 Å². The predicted molar refractivity (Wildman–Crippen MR) is 99.9 cm³/mol. The van der Waals surface area contributed by atoms with E-state index < -0.39 is 15.5 Å². The second-order valence-corrected chi connectivity index (χ2v) is 8.49. The number of hydrogen-bond acceptors (Lipinski definition) is 8. The zero-order valence-electron chi connectivity index (χ0n) is 14.8. The molecule has 2 aromatic rings. The predicted octanol–water partition coefficient (Wildman–Crippen LogP) is 4.38. The molecule has 3 rings (SSSR count). The number of aryl methyl sites for hydroxylation is 1. The molecule has 152 valence electrons. The van der Waals surface area contributed by atoms with Crippen molar-refractivity contribution in [1.82, 2.24) is 10.2 Å². The van der Waals surface area contributed by atoms with E-state index in [9.17, 15) is 21.6 Å². The highest BCUT2D eigenvalue weighted by molar-refractivity contribution is 7.93. The largest absolute Gasteiger partial charge is 0.516 e. The van der Waals surface area contributed by atoms with E-state index in [1.807, 2.05) is 11.8 Å². The molecular formula is C15H17F3N6O2S2. The number of halogens is 3. The van der Waals surface area contributed by atoms with E-state index in [2.05, 4.69) is 20.4 Å². The fourth-order valence-corrected chi connectivity index (χ4v) is 3.80. The van der Waals surface area contributed by atoms with E-state index in [0.717, 1.165) is 36.3 Å². The number of aromatic nitrogens is 2. The van der Waals surface area contributed by atoms with Gasteiger partial charge in [0.15, 0.2) is 0 Å². The van der Waals surface area contributed by atoms with E-state index in [1.165, 1.54) is 11.6 Å². The van der Waals surface area contributed by atoms with Gasteiger partial charge in [0.25, 0.3) is 5.13 Å². The molecule has 1 N–H and O–H groups in total. The summed E-state index contributed by atoms with van der Waals surface area (Å²) in [5.74, 6) is 0.